The van der Waals surface area contributed by atoms with Gasteiger partial charge in [-0.15, -0.1) is 11.8 Å². The molecule has 3 nitrogen and oxygen atoms in total. The molecule has 0 aromatic carbocycles. The Morgan fingerprint density at radius 2 is 2.38 bits per heavy atom. The third-order valence-electron chi connectivity index (χ3n) is 3.83. The molecule has 2 saturated heterocycles. The summed E-state index contributed by atoms with van der Waals surface area (Å²) in [4.78, 5) is 13.8. The second-order valence-electron chi connectivity index (χ2n) is 5.21. The Kier molecular flexibility index (Phi) is 3.80. The van der Waals surface area contributed by atoms with Gasteiger partial charge in [-0.1, -0.05) is 19.8 Å². The van der Waals surface area contributed by atoms with Crippen LogP contribution in [0.15, 0.2) is 0 Å². The lowest BCUT2D eigenvalue weighted by Gasteiger charge is -2.41. The SMILES string of the molecule is CCCCCC1(C)[NH2+]CCN2C(=O)CSC21. The van der Waals surface area contributed by atoms with E-state index in [0.29, 0.717) is 17.0 Å². The maximum atomic E-state index is 11.7. The quantitative estimate of drug-likeness (QED) is 0.742. The van der Waals surface area contributed by atoms with Gasteiger partial charge in [0, 0.05) is 6.42 Å². The molecule has 2 N–H and O–H groups in total. The number of piperazine rings is 1. The molecule has 2 aliphatic rings. The van der Waals surface area contributed by atoms with Gasteiger partial charge in [0.25, 0.3) is 0 Å². The number of unbranched alkanes of at least 4 members (excludes halogenated alkanes) is 2. The molecule has 2 atom stereocenters. The molecule has 2 rings (SSSR count). The van der Waals surface area contributed by atoms with Crippen LogP contribution in [-0.4, -0.2) is 40.6 Å². The van der Waals surface area contributed by atoms with Crippen LogP contribution in [0.4, 0.5) is 0 Å². The summed E-state index contributed by atoms with van der Waals surface area (Å²) in [5.74, 6) is 1.05. The molecule has 2 unspecified atom stereocenters. The average molecular weight is 243 g/mol. The number of quaternary nitrogens is 1. The summed E-state index contributed by atoms with van der Waals surface area (Å²) < 4.78 is 0. The molecule has 1 amide bonds. The fraction of sp³-hybridized carbons (Fsp3) is 0.917. The van der Waals surface area contributed by atoms with E-state index < -0.39 is 0 Å². The standard InChI is InChI=1S/C12H22N2OS/c1-3-4-5-6-12(2)11-14(8-7-13-12)10(15)9-16-11/h11,13H,3-9H2,1-2H3/p+1. The molecule has 4 heteroatoms. The van der Waals surface area contributed by atoms with E-state index in [0.717, 1.165) is 13.1 Å². The van der Waals surface area contributed by atoms with Crippen LogP contribution in [0.2, 0.25) is 0 Å². The van der Waals surface area contributed by atoms with Crippen molar-refractivity contribution >= 4 is 17.7 Å². The summed E-state index contributed by atoms with van der Waals surface area (Å²) in [6.07, 6.45) is 5.12. The van der Waals surface area contributed by atoms with Crippen LogP contribution in [0.3, 0.4) is 0 Å². The van der Waals surface area contributed by atoms with Crippen LogP contribution in [0.25, 0.3) is 0 Å². The van der Waals surface area contributed by atoms with Crippen molar-refractivity contribution in [2.75, 3.05) is 18.8 Å². The van der Waals surface area contributed by atoms with Gasteiger partial charge in [-0.05, 0) is 13.3 Å². The van der Waals surface area contributed by atoms with Gasteiger partial charge in [-0.2, -0.15) is 0 Å². The number of fused-ring (bicyclic) bond motifs is 1. The monoisotopic (exact) mass is 243 g/mol. The first-order valence-electron chi connectivity index (χ1n) is 6.43. The molecular weight excluding hydrogens is 220 g/mol. The highest BCUT2D eigenvalue weighted by Crippen LogP contribution is 2.34. The van der Waals surface area contributed by atoms with E-state index in [1.807, 2.05) is 11.8 Å². The molecule has 92 valence electrons. The van der Waals surface area contributed by atoms with E-state index in [9.17, 15) is 4.79 Å². The Balaban J connectivity index is 1.99. The van der Waals surface area contributed by atoms with Gasteiger partial charge in [-0.3, -0.25) is 4.79 Å². The Morgan fingerprint density at radius 1 is 1.56 bits per heavy atom. The second kappa shape index (κ2) is 4.96. The summed E-state index contributed by atoms with van der Waals surface area (Å²) in [5.41, 5.74) is 0.254. The molecule has 2 fully saturated rings. The largest absolute Gasteiger partial charge is 0.338 e. The molecule has 0 aliphatic carbocycles. The number of hydrogen-bond donors (Lipinski definition) is 1. The summed E-state index contributed by atoms with van der Waals surface area (Å²) in [6.45, 7) is 6.60. The first-order valence-corrected chi connectivity index (χ1v) is 7.48. The number of nitrogens with two attached hydrogens (primary N) is 1. The van der Waals surface area contributed by atoms with Crippen LogP contribution in [-0.2, 0) is 4.79 Å². The lowest BCUT2D eigenvalue weighted by atomic mass is 9.91. The minimum absolute atomic E-state index is 0.254. The number of hydrogen-bond acceptors (Lipinski definition) is 2. The highest BCUT2D eigenvalue weighted by atomic mass is 32.2. The third-order valence-corrected chi connectivity index (χ3v) is 5.35. The van der Waals surface area contributed by atoms with Gasteiger partial charge in [0.15, 0.2) is 0 Å². The highest BCUT2D eigenvalue weighted by molar-refractivity contribution is 8.01. The highest BCUT2D eigenvalue weighted by Gasteiger charge is 2.49. The van der Waals surface area contributed by atoms with E-state index in [1.54, 1.807) is 0 Å². The Hall–Kier alpha value is -0.220. The Morgan fingerprint density at radius 3 is 3.12 bits per heavy atom. The van der Waals surface area contributed by atoms with Crippen molar-refractivity contribution in [3.8, 4) is 0 Å². The zero-order valence-corrected chi connectivity index (χ0v) is 11.2. The maximum Gasteiger partial charge on any atom is 0.233 e. The smallest absolute Gasteiger partial charge is 0.233 e. The number of nitrogens with zero attached hydrogens (tertiary/aromatic N) is 1. The lowest BCUT2D eigenvalue weighted by Crippen LogP contribution is -3.02. The van der Waals surface area contributed by atoms with Crippen molar-refractivity contribution in [1.29, 1.82) is 0 Å². The van der Waals surface area contributed by atoms with Crippen LogP contribution >= 0.6 is 11.8 Å². The number of carbonyl (C=O) groups is 1. The minimum atomic E-state index is 0.254. The molecule has 2 heterocycles. The molecule has 0 aromatic heterocycles. The first kappa shape index (κ1) is 12.2. The van der Waals surface area contributed by atoms with Crippen molar-refractivity contribution in [2.45, 2.75) is 50.4 Å². The third kappa shape index (κ3) is 2.23. The minimum Gasteiger partial charge on any atom is -0.338 e. The summed E-state index contributed by atoms with van der Waals surface area (Å²) >= 11 is 1.84. The number of carbonyl (C=O) groups excluding carboxylic acids is 1. The summed E-state index contributed by atoms with van der Waals surface area (Å²) in [6, 6.07) is 0. The van der Waals surface area contributed by atoms with Gasteiger partial charge >= 0.3 is 0 Å². The maximum absolute atomic E-state index is 11.7. The fourth-order valence-electron chi connectivity index (χ4n) is 2.86. The van der Waals surface area contributed by atoms with Gasteiger partial charge in [0.1, 0.15) is 10.9 Å². The van der Waals surface area contributed by atoms with Crippen molar-refractivity contribution in [3.05, 3.63) is 0 Å². The normalized spacial score (nSPS) is 34.2. The molecule has 0 spiro atoms. The summed E-state index contributed by atoms with van der Waals surface area (Å²) in [5, 5.41) is 2.89. The fourth-order valence-corrected chi connectivity index (χ4v) is 4.32. The predicted octanol–water partition coefficient (Wildman–Crippen LogP) is 0.804. The van der Waals surface area contributed by atoms with Gasteiger partial charge < -0.3 is 10.2 Å². The molecule has 0 radical (unpaired) electrons. The number of thioether (sulfide) groups is 1. The molecule has 2 aliphatic heterocycles. The zero-order chi connectivity index (χ0) is 11.6. The van der Waals surface area contributed by atoms with Crippen LogP contribution < -0.4 is 5.32 Å². The van der Waals surface area contributed by atoms with Crippen molar-refractivity contribution in [2.24, 2.45) is 0 Å². The summed E-state index contributed by atoms with van der Waals surface area (Å²) in [7, 11) is 0. The van der Waals surface area contributed by atoms with Gasteiger partial charge in [-0.25, -0.2) is 0 Å². The molecule has 0 saturated carbocycles. The topological polar surface area (TPSA) is 36.9 Å². The molecular formula is C12H23N2OS+. The van der Waals surface area contributed by atoms with E-state index in [2.05, 4.69) is 24.1 Å². The van der Waals surface area contributed by atoms with E-state index in [4.69, 9.17) is 0 Å². The van der Waals surface area contributed by atoms with E-state index >= 15 is 0 Å². The average Bonchev–Trinajstić information content (AvgIpc) is 2.63. The van der Waals surface area contributed by atoms with Crippen LogP contribution in [0, 0.1) is 0 Å². The van der Waals surface area contributed by atoms with Crippen molar-refractivity contribution in [1.82, 2.24) is 4.90 Å². The number of rotatable bonds is 4. The lowest BCUT2D eigenvalue weighted by molar-refractivity contribution is -0.735. The Bertz CT molecular complexity index is 272. The van der Waals surface area contributed by atoms with Crippen LogP contribution in [0.5, 0.6) is 0 Å². The second-order valence-corrected chi connectivity index (χ2v) is 6.27. The Labute approximate surface area is 102 Å². The van der Waals surface area contributed by atoms with Crippen molar-refractivity contribution in [3.63, 3.8) is 0 Å². The van der Waals surface area contributed by atoms with Crippen LogP contribution in [0.1, 0.15) is 39.5 Å². The number of amides is 1. The first-order chi connectivity index (χ1) is 7.67. The van der Waals surface area contributed by atoms with Gasteiger partial charge in [0.2, 0.25) is 5.91 Å². The molecule has 0 bridgehead atoms. The molecule has 16 heavy (non-hydrogen) atoms. The van der Waals surface area contributed by atoms with Crippen molar-refractivity contribution < 1.29 is 10.1 Å². The molecule has 0 aromatic rings. The van der Waals surface area contributed by atoms with Gasteiger partial charge in [0.05, 0.1) is 18.8 Å². The predicted molar refractivity (Wildman–Crippen MR) is 67.3 cm³/mol. The van der Waals surface area contributed by atoms with E-state index in [-0.39, 0.29) is 5.54 Å². The zero-order valence-electron chi connectivity index (χ0n) is 10.4. The van der Waals surface area contributed by atoms with E-state index in [1.165, 1.54) is 25.7 Å².